The van der Waals surface area contributed by atoms with Crippen molar-refractivity contribution in [2.75, 3.05) is 39.5 Å². The van der Waals surface area contributed by atoms with Crippen LogP contribution in [0, 0.1) is 0 Å². The minimum absolute atomic E-state index is 0.247. The molecule has 1 aromatic heterocycles. The number of alkyl halides is 3. The van der Waals surface area contributed by atoms with Gasteiger partial charge in [0, 0.05) is 54.3 Å². The zero-order chi connectivity index (χ0) is 24.4. The van der Waals surface area contributed by atoms with Crippen molar-refractivity contribution in [2.45, 2.75) is 6.18 Å². The molecule has 0 amide bonds. The zero-order valence-electron chi connectivity index (χ0n) is 18.7. The van der Waals surface area contributed by atoms with Crippen molar-refractivity contribution in [2.24, 2.45) is 0 Å². The van der Waals surface area contributed by atoms with Gasteiger partial charge in [0.15, 0.2) is 5.78 Å². The first kappa shape index (κ1) is 23.2. The number of nitrogens with zero attached hydrogens (tertiary/aromatic N) is 3. The van der Waals surface area contributed by atoms with Crippen LogP contribution in [-0.4, -0.2) is 60.1 Å². The van der Waals surface area contributed by atoms with E-state index in [1.165, 1.54) is 30.9 Å². The molecular weight excluding hydrogens is 459 g/mol. The van der Waals surface area contributed by atoms with E-state index in [2.05, 4.69) is 14.9 Å². The molecule has 1 fully saturated rings. The summed E-state index contributed by atoms with van der Waals surface area (Å²) in [6.07, 6.45) is -0.0411. The SMILES string of the molecule is O=C1C(c2cncnc2)=C(c2ccc(C(F)(F)F)cc2)c2ccc(OCCN3CCOCC3)cc21. The fourth-order valence-electron chi connectivity index (χ4n) is 4.35. The monoisotopic (exact) mass is 481 g/mol. The molecule has 3 aromatic rings. The third kappa shape index (κ3) is 4.82. The molecule has 2 aromatic carbocycles. The first-order chi connectivity index (χ1) is 16.9. The highest BCUT2D eigenvalue weighted by atomic mass is 19.4. The van der Waals surface area contributed by atoms with Crippen LogP contribution in [0.3, 0.4) is 0 Å². The number of Topliss-reactive ketones (excluding diaryl/α,β-unsaturated/α-hetero) is 1. The summed E-state index contributed by atoms with van der Waals surface area (Å²) in [5.74, 6) is 0.311. The van der Waals surface area contributed by atoms with Gasteiger partial charge in [-0.1, -0.05) is 12.1 Å². The van der Waals surface area contributed by atoms with Crippen LogP contribution in [-0.2, 0) is 10.9 Å². The van der Waals surface area contributed by atoms with E-state index in [9.17, 15) is 18.0 Å². The van der Waals surface area contributed by atoms with Crippen LogP contribution in [0.15, 0.2) is 61.2 Å². The smallest absolute Gasteiger partial charge is 0.416 e. The van der Waals surface area contributed by atoms with E-state index in [-0.39, 0.29) is 5.78 Å². The molecule has 9 heteroatoms. The Balaban J connectivity index is 1.46. The fourth-order valence-corrected chi connectivity index (χ4v) is 4.35. The van der Waals surface area contributed by atoms with Crippen LogP contribution in [0.25, 0.3) is 11.1 Å². The summed E-state index contributed by atoms with van der Waals surface area (Å²) in [6, 6.07) is 10.1. The van der Waals surface area contributed by atoms with Crippen molar-refractivity contribution in [3.05, 3.63) is 89.0 Å². The van der Waals surface area contributed by atoms with Crippen LogP contribution in [0.1, 0.15) is 32.6 Å². The molecule has 1 aliphatic carbocycles. The van der Waals surface area contributed by atoms with Gasteiger partial charge in [-0.25, -0.2) is 9.97 Å². The number of carbonyl (C=O) groups excluding carboxylic acids is 1. The Bertz CT molecular complexity index is 1250. The zero-order valence-corrected chi connectivity index (χ0v) is 18.7. The average molecular weight is 481 g/mol. The molecule has 0 radical (unpaired) electrons. The quantitative estimate of drug-likeness (QED) is 0.521. The maximum absolute atomic E-state index is 13.5. The standard InChI is InChI=1S/C26H22F3N3O3/c27-26(28,29)19-3-1-17(2-4-19)23-21-6-5-20(35-12-9-32-7-10-34-11-8-32)13-22(21)25(33)24(23)18-14-30-16-31-15-18/h1-6,13-16H,7-12H2. The second kappa shape index (κ2) is 9.59. The topological polar surface area (TPSA) is 64.5 Å². The molecule has 5 rings (SSSR count). The summed E-state index contributed by atoms with van der Waals surface area (Å²) in [6.45, 7) is 4.33. The van der Waals surface area contributed by atoms with Crippen molar-refractivity contribution in [1.82, 2.24) is 14.9 Å². The number of carbonyl (C=O) groups is 1. The first-order valence-electron chi connectivity index (χ1n) is 11.2. The molecule has 1 saturated heterocycles. The summed E-state index contributed by atoms with van der Waals surface area (Å²) in [5.41, 5.74) is 2.22. The molecule has 6 nitrogen and oxygen atoms in total. The van der Waals surface area contributed by atoms with E-state index < -0.39 is 11.7 Å². The number of morpholine rings is 1. The van der Waals surface area contributed by atoms with Gasteiger partial charge in [0.2, 0.25) is 0 Å². The summed E-state index contributed by atoms with van der Waals surface area (Å²) in [4.78, 5) is 23.8. The minimum Gasteiger partial charge on any atom is -0.492 e. The molecular formula is C26H22F3N3O3. The number of hydrogen-bond donors (Lipinski definition) is 0. The predicted molar refractivity (Wildman–Crippen MR) is 123 cm³/mol. The maximum atomic E-state index is 13.5. The van der Waals surface area contributed by atoms with E-state index in [1.54, 1.807) is 18.2 Å². The second-order valence-corrected chi connectivity index (χ2v) is 8.29. The van der Waals surface area contributed by atoms with Crippen LogP contribution in [0.5, 0.6) is 5.75 Å². The highest BCUT2D eigenvalue weighted by molar-refractivity contribution is 6.41. The number of ketones is 1. The van der Waals surface area contributed by atoms with E-state index in [0.717, 1.165) is 31.8 Å². The van der Waals surface area contributed by atoms with E-state index >= 15 is 0 Å². The van der Waals surface area contributed by atoms with Gasteiger partial charge in [-0.05, 0) is 41.5 Å². The number of rotatable bonds is 6. The summed E-state index contributed by atoms with van der Waals surface area (Å²) in [7, 11) is 0. The lowest BCUT2D eigenvalue weighted by atomic mass is 9.94. The summed E-state index contributed by atoms with van der Waals surface area (Å²) in [5, 5.41) is 0. The lowest BCUT2D eigenvalue weighted by Gasteiger charge is -2.26. The van der Waals surface area contributed by atoms with E-state index in [0.29, 0.717) is 59.0 Å². The highest BCUT2D eigenvalue weighted by Crippen LogP contribution is 2.43. The lowest BCUT2D eigenvalue weighted by Crippen LogP contribution is -2.38. The fraction of sp³-hybridized carbons (Fsp3) is 0.269. The number of benzene rings is 2. The van der Waals surface area contributed by atoms with E-state index in [1.807, 2.05) is 0 Å². The third-order valence-electron chi connectivity index (χ3n) is 6.11. The molecule has 180 valence electrons. The lowest BCUT2D eigenvalue weighted by molar-refractivity contribution is -0.137. The van der Waals surface area contributed by atoms with Gasteiger partial charge < -0.3 is 9.47 Å². The van der Waals surface area contributed by atoms with Crippen molar-refractivity contribution in [3.63, 3.8) is 0 Å². The van der Waals surface area contributed by atoms with Gasteiger partial charge in [-0.2, -0.15) is 13.2 Å². The largest absolute Gasteiger partial charge is 0.492 e. The minimum atomic E-state index is -4.44. The number of aromatic nitrogens is 2. The van der Waals surface area contributed by atoms with Gasteiger partial charge in [0.05, 0.1) is 18.8 Å². The number of ether oxygens (including phenoxy) is 2. The van der Waals surface area contributed by atoms with Crippen molar-refractivity contribution >= 4 is 16.9 Å². The summed E-state index contributed by atoms with van der Waals surface area (Å²) >= 11 is 0. The molecule has 1 aliphatic heterocycles. The molecule has 0 saturated carbocycles. The van der Waals surface area contributed by atoms with Gasteiger partial charge in [-0.15, -0.1) is 0 Å². The molecule has 0 bridgehead atoms. The number of hydrogen-bond acceptors (Lipinski definition) is 6. The molecule has 35 heavy (non-hydrogen) atoms. The Hall–Kier alpha value is -3.56. The van der Waals surface area contributed by atoms with Crippen LogP contribution >= 0.6 is 0 Å². The Kier molecular flexibility index (Phi) is 6.36. The molecule has 0 atom stereocenters. The van der Waals surface area contributed by atoms with Gasteiger partial charge in [0.1, 0.15) is 18.7 Å². The predicted octanol–water partition coefficient (Wildman–Crippen LogP) is 4.36. The van der Waals surface area contributed by atoms with Gasteiger partial charge in [0.25, 0.3) is 0 Å². The summed E-state index contributed by atoms with van der Waals surface area (Å²) < 4.78 is 50.6. The molecule has 0 unspecified atom stereocenters. The first-order valence-corrected chi connectivity index (χ1v) is 11.2. The van der Waals surface area contributed by atoms with Crippen LogP contribution in [0.2, 0.25) is 0 Å². The number of fused-ring (bicyclic) bond motifs is 1. The van der Waals surface area contributed by atoms with Crippen molar-refractivity contribution < 1.29 is 27.4 Å². The Morgan fingerprint density at radius 1 is 0.914 bits per heavy atom. The molecule has 0 spiro atoms. The normalized spacial score (nSPS) is 16.5. The Labute approximate surface area is 200 Å². The van der Waals surface area contributed by atoms with E-state index in [4.69, 9.17) is 9.47 Å². The van der Waals surface area contributed by atoms with Crippen LogP contribution in [0.4, 0.5) is 13.2 Å². The molecule has 2 aliphatic rings. The second-order valence-electron chi connectivity index (χ2n) is 8.29. The Morgan fingerprint density at radius 2 is 1.63 bits per heavy atom. The van der Waals surface area contributed by atoms with Crippen molar-refractivity contribution in [1.29, 1.82) is 0 Å². The van der Waals surface area contributed by atoms with Crippen molar-refractivity contribution in [3.8, 4) is 5.75 Å². The number of allylic oxidation sites excluding steroid dienone is 1. The maximum Gasteiger partial charge on any atom is 0.416 e. The number of halogens is 3. The Morgan fingerprint density at radius 3 is 2.31 bits per heavy atom. The molecule has 0 N–H and O–H groups in total. The average Bonchev–Trinajstić information content (AvgIpc) is 3.16. The van der Waals surface area contributed by atoms with Gasteiger partial charge >= 0.3 is 6.18 Å². The highest BCUT2D eigenvalue weighted by Gasteiger charge is 2.34. The molecule has 2 heterocycles. The van der Waals surface area contributed by atoms with Crippen LogP contribution < -0.4 is 4.74 Å². The third-order valence-corrected chi connectivity index (χ3v) is 6.11. The van der Waals surface area contributed by atoms with Gasteiger partial charge in [-0.3, -0.25) is 9.69 Å².